The summed E-state index contributed by atoms with van der Waals surface area (Å²) in [4.78, 5) is 15.5. The molecule has 0 aromatic heterocycles. The molecule has 2 amide bonds. The number of nitrogens with one attached hydrogen (secondary N) is 2. The molecule has 0 radical (unpaired) electrons. The highest BCUT2D eigenvalue weighted by molar-refractivity contribution is 5.96. The number of hydrogen-bond acceptors (Lipinski definition) is 2. The maximum absolute atomic E-state index is 11.5. The van der Waals surface area contributed by atoms with E-state index in [0.717, 1.165) is 0 Å². The molecule has 17 heavy (non-hydrogen) atoms. The normalized spacial score (nSPS) is 12.1. The third-order valence-corrected chi connectivity index (χ3v) is 1.74. The summed E-state index contributed by atoms with van der Waals surface area (Å²) >= 11 is 0. The van der Waals surface area contributed by atoms with Crippen LogP contribution in [0.5, 0.6) is 0 Å². The summed E-state index contributed by atoms with van der Waals surface area (Å²) in [5.41, 5.74) is 5.99. The molecule has 0 heterocycles. The zero-order valence-corrected chi connectivity index (χ0v) is 10.3. The van der Waals surface area contributed by atoms with E-state index in [1.54, 1.807) is 12.1 Å². The van der Waals surface area contributed by atoms with Gasteiger partial charge in [0.15, 0.2) is 0 Å². The Morgan fingerprint density at radius 3 is 2.35 bits per heavy atom. The number of hydrogen-bond donors (Lipinski definition) is 3. The van der Waals surface area contributed by atoms with Crippen molar-refractivity contribution in [1.82, 2.24) is 10.6 Å². The molecular formula is C12H18N4O. The number of amides is 2. The van der Waals surface area contributed by atoms with Crippen LogP contribution >= 0.6 is 0 Å². The Morgan fingerprint density at radius 1 is 1.24 bits per heavy atom. The third-order valence-electron chi connectivity index (χ3n) is 1.74. The van der Waals surface area contributed by atoms with Crippen molar-refractivity contribution in [2.75, 3.05) is 0 Å². The quantitative estimate of drug-likeness (QED) is 0.511. The average Bonchev–Trinajstić information content (AvgIpc) is 2.15. The van der Waals surface area contributed by atoms with E-state index in [-0.39, 0.29) is 17.5 Å². The minimum Gasteiger partial charge on any atom is -0.369 e. The van der Waals surface area contributed by atoms with E-state index in [1.165, 1.54) is 0 Å². The number of nitrogens with two attached hydrogens (primary N) is 1. The summed E-state index contributed by atoms with van der Waals surface area (Å²) in [7, 11) is 0. The van der Waals surface area contributed by atoms with Gasteiger partial charge in [0.2, 0.25) is 5.96 Å². The fourth-order valence-corrected chi connectivity index (χ4v) is 1.16. The number of nitrogens with zero attached hydrogens (tertiary/aromatic N) is 1. The van der Waals surface area contributed by atoms with Gasteiger partial charge in [-0.25, -0.2) is 9.79 Å². The van der Waals surface area contributed by atoms with Gasteiger partial charge in [0.05, 0.1) is 5.69 Å². The average molecular weight is 234 g/mol. The topological polar surface area (TPSA) is 79.5 Å². The Hall–Kier alpha value is -2.04. The second-order valence-electron chi connectivity index (χ2n) is 4.66. The molecule has 1 aromatic carbocycles. The molecule has 1 aromatic rings. The first-order valence-electron chi connectivity index (χ1n) is 5.35. The molecule has 1 rings (SSSR count). The summed E-state index contributed by atoms with van der Waals surface area (Å²) < 4.78 is 0. The lowest BCUT2D eigenvalue weighted by atomic mass is 10.1. The number of carbonyl (C=O) groups excluding carboxylic acids is 1. The number of para-hydroxylation sites is 1. The molecule has 0 saturated heterocycles. The predicted molar refractivity (Wildman–Crippen MR) is 69.1 cm³/mol. The number of urea groups is 1. The van der Waals surface area contributed by atoms with E-state index in [9.17, 15) is 4.79 Å². The molecule has 0 saturated carbocycles. The summed E-state index contributed by atoms with van der Waals surface area (Å²) in [6, 6.07) is 8.82. The second kappa shape index (κ2) is 5.34. The van der Waals surface area contributed by atoms with E-state index in [0.29, 0.717) is 5.69 Å². The first kappa shape index (κ1) is 13.0. The highest BCUT2D eigenvalue weighted by Gasteiger charge is 2.13. The number of benzene rings is 1. The van der Waals surface area contributed by atoms with E-state index < -0.39 is 0 Å². The first-order valence-corrected chi connectivity index (χ1v) is 5.35. The van der Waals surface area contributed by atoms with E-state index in [4.69, 9.17) is 5.73 Å². The Kier molecular flexibility index (Phi) is 4.09. The predicted octanol–water partition coefficient (Wildman–Crippen LogP) is 1.73. The summed E-state index contributed by atoms with van der Waals surface area (Å²) in [6.07, 6.45) is 0. The molecule has 4 N–H and O–H groups in total. The van der Waals surface area contributed by atoms with Gasteiger partial charge >= 0.3 is 6.03 Å². The molecule has 0 aliphatic carbocycles. The van der Waals surface area contributed by atoms with E-state index in [1.807, 2.05) is 39.0 Å². The second-order valence-corrected chi connectivity index (χ2v) is 4.66. The van der Waals surface area contributed by atoms with Crippen LogP contribution in [0.2, 0.25) is 0 Å². The van der Waals surface area contributed by atoms with Gasteiger partial charge in [0.1, 0.15) is 0 Å². The molecule has 92 valence electrons. The highest BCUT2D eigenvalue weighted by Crippen LogP contribution is 2.08. The van der Waals surface area contributed by atoms with Crippen LogP contribution in [0.1, 0.15) is 20.8 Å². The van der Waals surface area contributed by atoms with Crippen molar-refractivity contribution < 1.29 is 4.79 Å². The minimum atomic E-state index is -0.366. The summed E-state index contributed by atoms with van der Waals surface area (Å²) in [5, 5.41) is 5.19. The molecule has 0 unspecified atom stereocenters. The van der Waals surface area contributed by atoms with Crippen molar-refractivity contribution >= 4 is 17.7 Å². The largest absolute Gasteiger partial charge is 0.369 e. The fraction of sp³-hybridized carbons (Fsp3) is 0.333. The third kappa shape index (κ3) is 5.55. The number of aliphatic imine (C=N–C) groups is 1. The molecule has 0 bridgehead atoms. The highest BCUT2D eigenvalue weighted by atomic mass is 16.2. The van der Waals surface area contributed by atoms with Gasteiger partial charge in [0.25, 0.3) is 0 Å². The van der Waals surface area contributed by atoms with Crippen LogP contribution in [-0.4, -0.2) is 17.5 Å². The molecule has 5 nitrogen and oxygen atoms in total. The molecule has 5 heteroatoms. The van der Waals surface area contributed by atoms with Crippen LogP contribution in [0, 0.1) is 0 Å². The SMILES string of the molecule is CC(C)(C)NC(=O)NC(N)=Nc1ccccc1. The minimum absolute atomic E-state index is 0.0675. The van der Waals surface area contributed by atoms with Crippen LogP contribution in [0.25, 0.3) is 0 Å². The maximum atomic E-state index is 11.5. The lowest BCUT2D eigenvalue weighted by Gasteiger charge is -2.20. The van der Waals surface area contributed by atoms with Gasteiger partial charge in [0, 0.05) is 5.54 Å². The molecular weight excluding hydrogens is 216 g/mol. The number of guanidine groups is 1. The van der Waals surface area contributed by atoms with Gasteiger partial charge in [-0.05, 0) is 32.9 Å². The van der Waals surface area contributed by atoms with Crippen molar-refractivity contribution in [2.24, 2.45) is 10.7 Å². The number of carbonyl (C=O) groups is 1. The van der Waals surface area contributed by atoms with E-state index in [2.05, 4.69) is 15.6 Å². The zero-order chi connectivity index (χ0) is 12.9. The fourth-order valence-electron chi connectivity index (χ4n) is 1.16. The van der Waals surface area contributed by atoms with Crippen LogP contribution in [-0.2, 0) is 0 Å². The van der Waals surface area contributed by atoms with Gasteiger partial charge in [-0.1, -0.05) is 18.2 Å². The maximum Gasteiger partial charge on any atom is 0.321 e. The molecule has 0 spiro atoms. The van der Waals surface area contributed by atoms with Crippen LogP contribution in [0.4, 0.5) is 10.5 Å². The Morgan fingerprint density at radius 2 is 1.82 bits per heavy atom. The monoisotopic (exact) mass is 234 g/mol. The van der Waals surface area contributed by atoms with Crippen molar-refractivity contribution in [2.45, 2.75) is 26.3 Å². The molecule has 0 atom stereocenters. The van der Waals surface area contributed by atoms with Crippen LogP contribution in [0.15, 0.2) is 35.3 Å². The molecule has 0 fully saturated rings. The lowest BCUT2D eigenvalue weighted by molar-refractivity contribution is 0.236. The Bertz CT molecular complexity index is 406. The van der Waals surface area contributed by atoms with Crippen molar-refractivity contribution in [3.8, 4) is 0 Å². The van der Waals surface area contributed by atoms with E-state index >= 15 is 0 Å². The summed E-state index contributed by atoms with van der Waals surface area (Å²) in [6.45, 7) is 5.66. The van der Waals surface area contributed by atoms with Gasteiger partial charge < -0.3 is 11.1 Å². The van der Waals surface area contributed by atoms with Crippen LogP contribution < -0.4 is 16.4 Å². The number of rotatable bonds is 1. The van der Waals surface area contributed by atoms with Gasteiger partial charge in [-0.3, -0.25) is 5.32 Å². The Balaban J connectivity index is 2.58. The lowest BCUT2D eigenvalue weighted by Crippen LogP contribution is -2.50. The van der Waals surface area contributed by atoms with Crippen molar-refractivity contribution in [3.05, 3.63) is 30.3 Å². The van der Waals surface area contributed by atoms with Crippen molar-refractivity contribution in [3.63, 3.8) is 0 Å². The van der Waals surface area contributed by atoms with Crippen LogP contribution in [0.3, 0.4) is 0 Å². The summed E-state index contributed by atoms with van der Waals surface area (Å²) in [5.74, 6) is 0.0675. The van der Waals surface area contributed by atoms with Gasteiger partial charge in [-0.15, -0.1) is 0 Å². The van der Waals surface area contributed by atoms with Crippen molar-refractivity contribution in [1.29, 1.82) is 0 Å². The molecule has 0 aliphatic heterocycles. The van der Waals surface area contributed by atoms with Gasteiger partial charge in [-0.2, -0.15) is 0 Å². The Labute approximate surface area is 101 Å². The first-order chi connectivity index (χ1) is 7.87. The standard InChI is InChI=1S/C12H18N4O/c1-12(2,3)16-11(17)15-10(13)14-9-7-5-4-6-8-9/h4-8H,1-3H3,(H4,13,14,15,16,17). The molecule has 0 aliphatic rings. The smallest absolute Gasteiger partial charge is 0.321 e. The zero-order valence-electron chi connectivity index (χ0n) is 10.3.